The summed E-state index contributed by atoms with van der Waals surface area (Å²) < 4.78 is 19.3. The van der Waals surface area contributed by atoms with Crippen LogP contribution in [-0.2, 0) is 14.4 Å². The van der Waals surface area contributed by atoms with Crippen LogP contribution in [-0.4, -0.2) is 107 Å². The first-order valence-electron chi connectivity index (χ1n) is 19.9. The Morgan fingerprint density at radius 3 is 2.44 bits per heavy atom. The van der Waals surface area contributed by atoms with Crippen molar-refractivity contribution in [1.82, 2.24) is 30.0 Å². The van der Waals surface area contributed by atoms with E-state index in [1.165, 1.54) is 31.6 Å². The Kier molecular flexibility index (Phi) is 11.7. The molecular weight excluding hydrogens is 779 g/mol. The van der Waals surface area contributed by atoms with E-state index in [-0.39, 0.29) is 29.7 Å². The number of fused-ring (bicyclic) bond motifs is 2. The van der Waals surface area contributed by atoms with Gasteiger partial charge in [0.1, 0.15) is 29.8 Å². The molecule has 1 atom stereocenters. The topological polar surface area (TPSA) is 166 Å². The Morgan fingerprint density at radius 2 is 1.69 bits per heavy atom. The van der Waals surface area contributed by atoms with Crippen LogP contribution in [0.15, 0.2) is 67.0 Å². The van der Waals surface area contributed by atoms with Crippen molar-refractivity contribution in [1.29, 1.82) is 0 Å². The lowest BCUT2D eigenvalue weighted by atomic mass is 9.87. The number of benzene rings is 3. The molecular formula is C43H44ClFN8O6. The highest BCUT2D eigenvalue weighted by Gasteiger charge is 2.45. The Morgan fingerprint density at radius 1 is 0.932 bits per heavy atom. The molecule has 1 aromatic heterocycles. The van der Waals surface area contributed by atoms with E-state index >= 15 is 0 Å². The minimum Gasteiger partial charge on any atom is -0.494 e. The molecule has 5 amide bonds. The van der Waals surface area contributed by atoms with E-state index < -0.39 is 35.5 Å². The largest absolute Gasteiger partial charge is 0.494 e. The molecule has 8 rings (SSSR count). The van der Waals surface area contributed by atoms with Crippen LogP contribution in [0.2, 0.25) is 5.02 Å². The number of hydrogen-bond donors (Lipinski definition) is 3. The van der Waals surface area contributed by atoms with Gasteiger partial charge in [0.15, 0.2) is 0 Å². The molecule has 0 bridgehead atoms. The monoisotopic (exact) mass is 822 g/mol. The Balaban J connectivity index is 0.790. The number of anilines is 3. The molecule has 3 fully saturated rings. The summed E-state index contributed by atoms with van der Waals surface area (Å²) in [7, 11) is 1.52. The predicted molar refractivity (Wildman–Crippen MR) is 219 cm³/mol. The number of rotatable bonds is 11. The zero-order valence-electron chi connectivity index (χ0n) is 32.5. The highest BCUT2D eigenvalue weighted by atomic mass is 35.5. The van der Waals surface area contributed by atoms with Gasteiger partial charge >= 0.3 is 0 Å². The zero-order valence-corrected chi connectivity index (χ0v) is 33.3. The van der Waals surface area contributed by atoms with E-state index in [0.717, 1.165) is 68.9 Å². The fourth-order valence-electron chi connectivity index (χ4n) is 8.55. The first kappa shape index (κ1) is 40.0. The molecule has 4 aromatic rings. The van der Waals surface area contributed by atoms with Crippen molar-refractivity contribution in [2.75, 3.05) is 57.0 Å². The van der Waals surface area contributed by atoms with E-state index in [1.54, 1.807) is 24.3 Å². The van der Waals surface area contributed by atoms with Crippen LogP contribution < -0.4 is 20.7 Å². The standard InChI is InChI=1S/C43H44ClFN8O6/c1-59-37-22-34-31(40(47-24-46-34)48-28-5-7-33(45)32(44)20-28)21-35(37)49-38(54)3-2-14-51-15-10-25(11-16-51)23-52-17-12-26(13-18-52)27-4-6-29-30(19-27)43(58)53(42(29)57)36-8-9-39(55)50-41(36)56/h2-7,19-22,24-26,36H,8-18,23H2,1H3,(H,49,54)(H,46,47,48)(H,50,55,56)/b3-2+. The van der Waals surface area contributed by atoms with Crippen molar-refractivity contribution < 1.29 is 33.1 Å². The molecule has 5 heterocycles. The zero-order chi connectivity index (χ0) is 41.2. The van der Waals surface area contributed by atoms with Gasteiger partial charge in [0.25, 0.3) is 11.8 Å². The summed E-state index contributed by atoms with van der Waals surface area (Å²) in [5.74, 6) is -1.03. The third kappa shape index (κ3) is 8.68. The summed E-state index contributed by atoms with van der Waals surface area (Å²) in [5.41, 5.74) is 3.26. The number of imide groups is 2. The molecule has 0 saturated carbocycles. The molecule has 3 aromatic carbocycles. The summed E-state index contributed by atoms with van der Waals surface area (Å²) in [6.07, 6.45) is 9.08. The summed E-state index contributed by atoms with van der Waals surface area (Å²) in [4.78, 5) is 78.1. The van der Waals surface area contributed by atoms with Crippen molar-refractivity contribution in [2.24, 2.45) is 5.92 Å². The average molecular weight is 823 g/mol. The van der Waals surface area contributed by atoms with E-state index in [0.29, 0.717) is 57.4 Å². The quantitative estimate of drug-likeness (QED) is 0.126. The highest BCUT2D eigenvalue weighted by molar-refractivity contribution is 6.31. The third-order valence-electron chi connectivity index (χ3n) is 11.8. The lowest BCUT2D eigenvalue weighted by Crippen LogP contribution is -2.54. The van der Waals surface area contributed by atoms with Crippen LogP contribution in [0.25, 0.3) is 10.9 Å². The Bertz CT molecular complexity index is 2360. The lowest BCUT2D eigenvalue weighted by molar-refractivity contribution is -0.136. The predicted octanol–water partition coefficient (Wildman–Crippen LogP) is 5.66. The van der Waals surface area contributed by atoms with Gasteiger partial charge in [-0.3, -0.25) is 39.1 Å². The van der Waals surface area contributed by atoms with Gasteiger partial charge in [-0.15, -0.1) is 0 Å². The molecule has 306 valence electrons. The van der Waals surface area contributed by atoms with Gasteiger partial charge in [-0.05, 0) is 112 Å². The number of amides is 5. The van der Waals surface area contributed by atoms with E-state index in [4.69, 9.17) is 16.3 Å². The molecule has 4 aliphatic rings. The molecule has 0 radical (unpaired) electrons. The number of halogens is 2. The lowest BCUT2D eigenvalue weighted by Gasteiger charge is -2.37. The SMILES string of the molecule is COc1cc2ncnc(Nc3ccc(F)c(Cl)c3)c2cc1NC(=O)/C=C/CN1CCC(CN2CCC(c3ccc4c(c3)C(=O)N(C3CCC(=O)NC3=O)C4=O)CC2)CC1. The van der Waals surface area contributed by atoms with E-state index in [2.05, 4.69) is 35.7 Å². The van der Waals surface area contributed by atoms with Gasteiger partial charge in [-0.1, -0.05) is 23.7 Å². The van der Waals surface area contributed by atoms with Gasteiger partial charge in [-0.25, -0.2) is 14.4 Å². The summed E-state index contributed by atoms with van der Waals surface area (Å²) >= 11 is 5.96. The summed E-state index contributed by atoms with van der Waals surface area (Å²) in [6, 6.07) is 12.2. The summed E-state index contributed by atoms with van der Waals surface area (Å²) in [6.45, 7) is 5.47. The van der Waals surface area contributed by atoms with Crippen LogP contribution in [0.3, 0.4) is 0 Å². The second kappa shape index (κ2) is 17.2. The number of carbonyl (C=O) groups is 5. The van der Waals surface area contributed by atoms with Crippen molar-refractivity contribution in [3.8, 4) is 5.75 Å². The molecule has 0 spiro atoms. The highest BCUT2D eigenvalue weighted by Crippen LogP contribution is 2.36. The van der Waals surface area contributed by atoms with Crippen LogP contribution in [0, 0.1) is 11.7 Å². The normalized spacial score (nSPS) is 19.7. The van der Waals surface area contributed by atoms with Crippen molar-refractivity contribution in [3.63, 3.8) is 0 Å². The van der Waals surface area contributed by atoms with Gasteiger partial charge < -0.3 is 20.3 Å². The fourth-order valence-corrected chi connectivity index (χ4v) is 8.73. The van der Waals surface area contributed by atoms with Gasteiger partial charge in [0.2, 0.25) is 17.7 Å². The number of nitrogens with zero attached hydrogens (tertiary/aromatic N) is 5. The van der Waals surface area contributed by atoms with Crippen molar-refractivity contribution >= 4 is 69.2 Å². The second-order valence-electron chi connectivity index (χ2n) is 15.5. The number of nitrogens with one attached hydrogen (secondary N) is 3. The van der Waals surface area contributed by atoms with Gasteiger partial charge in [-0.2, -0.15) is 0 Å². The number of piperidine rings is 3. The molecule has 3 saturated heterocycles. The van der Waals surface area contributed by atoms with Crippen LogP contribution in [0.4, 0.5) is 21.6 Å². The third-order valence-corrected chi connectivity index (χ3v) is 12.1. The molecule has 0 aliphatic carbocycles. The number of methoxy groups -OCH3 is 1. The number of carbonyl (C=O) groups excluding carboxylic acids is 5. The minimum absolute atomic E-state index is 0.0211. The number of likely N-dealkylation sites (tertiary alicyclic amines) is 2. The van der Waals surface area contributed by atoms with Crippen LogP contribution in [0.5, 0.6) is 5.75 Å². The smallest absolute Gasteiger partial charge is 0.262 e. The van der Waals surface area contributed by atoms with Gasteiger partial charge in [0, 0.05) is 42.7 Å². The van der Waals surface area contributed by atoms with Crippen LogP contribution >= 0.6 is 11.6 Å². The molecule has 3 N–H and O–H groups in total. The summed E-state index contributed by atoms with van der Waals surface area (Å²) in [5, 5.41) is 8.90. The second-order valence-corrected chi connectivity index (χ2v) is 15.9. The first-order valence-corrected chi connectivity index (χ1v) is 20.2. The number of aromatic nitrogens is 2. The maximum absolute atomic E-state index is 13.7. The fraction of sp³-hybridized carbons (Fsp3) is 0.372. The molecule has 4 aliphatic heterocycles. The average Bonchev–Trinajstić information content (AvgIpc) is 3.48. The van der Waals surface area contributed by atoms with Crippen LogP contribution in [0.1, 0.15) is 70.7 Å². The first-order chi connectivity index (χ1) is 28.5. The molecule has 14 nitrogen and oxygen atoms in total. The van der Waals surface area contributed by atoms with Crippen molar-refractivity contribution in [3.05, 3.63) is 94.5 Å². The van der Waals surface area contributed by atoms with E-state index in [9.17, 15) is 28.4 Å². The molecule has 16 heteroatoms. The molecule has 1 unspecified atom stereocenters. The minimum atomic E-state index is -0.970. The van der Waals surface area contributed by atoms with E-state index in [1.807, 2.05) is 18.2 Å². The molecule has 59 heavy (non-hydrogen) atoms. The number of ether oxygens (including phenoxy) is 1. The number of hydrogen-bond acceptors (Lipinski definition) is 11. The Hall–Kier alpha value is -5.77. The van der Waals surface area contributed by atoms with Gasteiger partial charge in [0.05, 0.1) is 34.5 Å². The van der Waals surface area contributed by atoms with Crippen molar-refractivity contribution in [2.45, 2.75) is 50.5 Å². The maximum Gasteiger partial charge on any atom is 0.262 e. The Labute approximate surface area is 345 Å². The maximum atomic E-state index is 13.7.